The number of hydrogen-bond acceptors (Lipinski definition) is 1. The van der Waals surface area contributed by atoms with Gasteiger partial charge >= 0.3 is 0 Å². The molecule has 2 aliphatic carbocycles. The lowest BCUT2D eigenvalue weighted by atomic mass is 9.81. The van der Waals surface area contributed by atoms with Crippen LogP contribution in [0.2, 0.25) is 0 Å². The van der Waals surface area contributed by atoms with Crippen LogP contribution in [-0.2, 0) is 4.79 Å². The molecule has 2 saturated carbocycles. The van der Waals surface area contributed by atoms with E-state index in [0.29, 0.717) is 11.8 Å². The molecule has 0 aliphatic heterocycles. The van der Waals surface area contributed by atoms with E-state index in [1.54, 1.807) is 0 Å². The highest BCUT2D eigenvalue weighted by Crippen LogP contribution is 2.35. The molecule has 0 heterocycles. The molecule has 1 nitrogen and oxygen atoms in total. The normalized spacial score (nSPS) is 26.8. The molecule has 18 heavy (non-hydrogen) atoms. The van der Waals surface area contributed by atoms with Gasteiger partial charge in [-0.15, -0.1) is 23.2 Å². The largest absolute Gasteiger partial charge is 0.296 e. The van der Waals surface area contributed by atoms with Gasteiger partial charge in [-0.2, -0.15) is 0 Å². The van der Waals surface area contributed by atoms with E-state index >= 15 is 0 Å². The summed E-state index contributed by atoms with van der Waals surface area (Å²) in [7, 11) is 0. The van der Waals surface area contributed by atoms with Gasteiger partial charge in [-0.1, -0.05) is 38.5 Å². The first kappa shape index (κ1) is 14.7. The van der Waals surface area contributed by atoms with Crippen molar-refractivity contribution >= 4 is 29.0 Å². The standard InChI is InChI=1S/C15H24Cl2O/c16-13(11-7-3-1-4-8-11)15(18)14(17)12-9-5-2-6-10-12/h11-14H,1-10H2. The molecule has 0 aromatic heterocycles. The van der Waals surface area contributed by atoms with Crippen LogP contribution in [0.4, 0.5) is 0 Å². The SMILES string of the molecule is O=C(C(Cl)C1CCCCC1)C(Cl)C1CCCCC1. The van der Waals surface area contributed by atoms with Crippen LogP contribution in [0, 0.1) is 11.8 Å². The summed E-state index contributed by atoms with van der Waals surface area (Å²) in [6.45, 7) is 0. The number of halogens is 2. The monoisotopic (exact) mass is 290 g/mol. The number of rotatable bonds is 4. The van der Waals surface area contributed by atoms with Crippen molar-refractivity contribution in [1.29, 1.82) is 0 Å². The van der Waals surface area contributed by atoms with Crippen molar-refractivity contribution in [3.63, 3.8) is 0 Å². The van der Waals surface area contributed by atoms with Crippen molar-refractivity contribution in [2.75, 3.05) is 0 Å². The zero-order chi connectivity index (χ0) is 13.0. The van der Waals surface area contributed by atoms with Gasteiger partial charge < -0.3 is 0 Å². The Labute approximate surface area is 121 Å². The van der Waals surface area contributed by atoms with Crippen LogP contribution in [0.1, 0.15) is 64.2 Å². The molecule has 0 N–H and O–H groups in total. The average Bonchev–Trinajstić information content (AvgIpc) is 2.47. The Kier molecular flexibility index (Phi) is 5.82. The molecule has 0 radical (unpaired) electrons. The Bertz CT molecular complexity index is 242. The minimum absolute atomic E-state index is 0.108. The van der Waals surface area contributed by atoms with Crippen molar-refractivity contribution in [3.05, 3.63) is 0 Å². The molecule has 0 aromatic rings. The number of hydrogen-bond donors (Lipinski definition) is 0. The van der Waals surface area contributed by atoms with Gasteiger partial charge in [0.25, 0.3) is 0 Å². The van der Waals surface area contributed by atoms with Crippen molar-refractivity contribution in [1.82, 2.24) is 0 Å². The summed E-state index contributed by atoms with van der Waals surface area (Å²) in [4.78, 5) is 12.4. The lowest BCUT2D eigenvalue weighted by Crippen LogP contribution is -2.36. The molecular weight excluding hydrogens is 267 g/mol. The first-order valence-corrected chi connectivity index (χ1v) is 8.39. The second-order valence-electron chi connectivity index (χ2n) is 6.00. The third kappa shape index (κ3) is 3.63. The number of carbonyl (C=O) groups is 1. The summed E-state index contributed by atoms with van der Waals surface area (Å²) in [5.41, 5.74) is 0. The second kappa shape index (κ2) is 7.14. The summed E-state index contributed by atoms with van der Waals surface area (Å²) >= 11 is 12.8. The molecule has 2 fully saturated rings. The number of carbonyl (C=O) groups excluding carboxylic acids is 1. The van der Waals surface area contributed by atoms with Crippen LogP contribution in [0.3, 0.4) is 0 Å². The summed E-state index contributed by atoms with van der Waals surface area (Å²) in [6, 6.07) is 0. The van der Waals surface area contributed by atoms with Gasteiger partial charge in [0.05, 0.1) is 10.8 Å². The molecule has 0 spiro atoms. The minimum atomic E-state index is -0.338. The Morgan fingerprint density at radius 1 is 0.722 bits per heavy atom. The van der Waals surface area contributed by atoms with E-state index in [9.17, 15) is 4.79 Å². The molecule has 104 valence electrons. The predicted molar refractivity (Wildman–Crippen MR) is 77.4 cm³/mol. The first-order valence-electron chi connectivity index (χ1n) is 7.52. The van der Waals surface area contributed by atoms with Gasteiger partial charge in [0.1, 0.15) is 0 Å². The van der Waals surface area contributed by atoms with Gasteiger partial charge in [0.15, 0.2) is 5.78 Å². The van der Waals surface area contributed by atoms with Gasteiger partial charge in [-0.3, -0.25) is 4.79 Å². The smallest absolute Gasteiger partial charge is 0.168 e. The van der Waals surface area contributed by atoms with Crippen LogP contribution in [-0.4, -0.2) is 16.5 Å². The molecule has 0 aromatic carbocycles. The Morgan fingerprint density at radius 3 is 1.39 bits per heavy atom. The number of ketones is 1. The highest BCUT2D eigenvalue weighted by Gasteiger charge is 2.35. The van der Waals surface area contributed by atoms with E-state index in [1.165, 1.54) is 38.5 Å². The van der Waals surface area contributed by atoms with Gasteiger partial charge in [-0.05, 0) is 37.5 Å². The summed E-state index contributed by atoms with van der Waals surface area (Å²) in [6.07, 6.45) is 11.9. The van der Waals surface area contributed by atoms with E-state index in [4.69, 9.17) is 23.2 Å². The molecule has 2 rings (SSSR count). The Morgan fingerprint density at radius 2 is 1.06 bits per heavy atom. The van der Waals surface area contributed by atoms with Crippen LogP contribution in [0.15, 0.2) is 0 Å². The summed E-state index contributed by atoms with van der Waals surface area (Å²) < 4.78 is 0. The van der Waals surface area contributed by atoms with Crippen molar-refractivity contribution in [3.8, 4) is 0 Å². The maximum Gasteiger partial charge on any atom is 0.168 e. The van der Waals surface area contributed by atoms with Gasteiger partial charge in [0, 0.05) is 0 Å². The molecule has 2 aliphatic rings. The second-order valence-corrected chi connectivity index (χ2v) is 6.94. The maximum absolute atomic E-state index is 12.4. The first-order chi connectivity index (χ1) is 8.70. The van der Waals surface area contributed by atoms with E-state index in [-0.39, 0.29) is 16.5 Å². The molecule has 3 heteroatoms. The third-order valence-corrected chi connectivity index (χ3v) is 5.81. The zero-order valence-electron chi connectivity index (χ0n) is 11.0. The van der Waals surface area contributed by atoms with Crippen LogP contribution < -0.4 is 0 Å². The summed E-state index contributed by atoms with van der Waals surface area (Å²) in [5, 5.41) is -0.676. The molecule has 2 unspecified atom stereocenters. The fourth-order valence-corrected chi connectivity index (χ4v) is 4.31. The van der Waals surface area contributed by atoms with Crippen molar-refractivity contribution in [2.24, 2.45) is 11.8 Å². The van der Waals surface area contributed by atoms with E-state index in [0.717, 1.165) is 25.7 Å². The van der Waals surface area contributed by atoms with E-state index < -0.39 is 0 Å². The fourth-order valence-electron chi connectivity index (χ4n) is 3.47. The quantitative estimate of drug-likeness (QED) is 0.671. The number of Topliss-reactive ketones (excluding diaryl/α,β-unsaturated/α-hetero) is 1. The molecule has 0 amide bonds. The lowest BCUT2D eigenvalue weighted by Gasteiger charge is -2.30. The highest BCUT2D eigenvalue weighted by atomic mass is 35.5. The summed E-state index contributed by atoms with van der Waals surface area (Å²) in [5.74, 6) is 0.854. The van der Waals surface area contributed by atoms with Gasteiger partial charge in [-0.25, -0.2) is 0 Å². The zero-order valence-corrected chi connectivity index (χ0v) is 12.6. The topological polar surface area (TPSA) is 17.1 Å². The highest BCUT2D eigenvalue weighted by molar-refractivity contribution is 6.40. The van der Waals surface area contributed by atoms with E-state index in [1.807, 2.05) is 0 Å². The van der Waals surface area contributed by atoms with E-state index in [2.05, 4.69) is 0 Å². The predicted octanol–water partition coefficient (Wildman–Crippen LogP) is 4.93. The molecule has 0 bridgehead atoms. The number of alkyl halides is 2. The van der Waals surface area contributed by atoms with Gasteiger partial charge in [0.2, 0.25) is 0 Å². The lowest BCUT2D eigenvalue weighted by molar-refractivity contribution is -0.120. The fraction of sp³-hybridized carbons (Fsp3) is 0.933. The minimum Gasteiger partial charge on any atom is -0.296 e. The molecule has 2 atom stereocenters. The van der Waals surface area contributed by atoms with Crippen LogP contribution in [0.25, 0.3) is 0 Å². The van der Waals surface area contributed by atoms with Crippen molar-refractivity contribution < 1.29 is 4.79 Å². The Balaban J connectivity index is 1.87. The third-order valence-electron chi connectivity index (χ3n) is 4.67. The van der Waals surface area contributed by atoms with Crippen molar-refractivity contribution in [2.45, 2.75) is 75.0 Å². The average molecular weight is 291 g/mol. The molecule has 0 saturated heterocycles. The van der Waals surface area contributed by atoms with Crippen LogP contribution >= 0.6 is 23.2 Å². The molecular formula is C15H24Cl2O. The Hall–Kier alpha value is 0.250. The maximum atomic E-state index is 12.4. The van der Waals surface area contributed by atoms with Crippen LogP contribution in [0.5, 0.6) is 0 Å².